The molecular formula is C14H19FN2O2. The number of likely N-dealkylation sites (N-methyl/N-ethyl adjacent to an activating group) is 1. The number of halogens is 1. The summed E-state index contributed by atoms with van der Waals surface area (Å²) in [5, 5.41) is 9.83. The Balaban J connectivity index is 2.15. The first kappa shape index (κ1) is 14.0. The van der Waals surface area contributed by atoms with Gasteiger partial charge in [0.2, 0.25) is 5.89 Å². The predicted octanol–water partition coefficient (Wildman–Crippen LogP) is 2.56. The van der Waals surface area contributed by atoms with Gasteiger partial charge in [0, 0.05) is 12.6 Å². The summed E-state index contributed by atoms with van der Waals surface area (Å²) in [5.74, 6) is 0.211. The summed E-state index contributed by atoms with van der Waals surface area (Å²) < 4.78 is 18.6. The largest absolute Gasteiger partial charge is 0.439 e. The lowest BCUT2D eigenvalue weighted by Crippen LogP contribution is -2.38. The van der Waals surface area contributed by atoms with E-state index in [2.05, 4.69) is 4.98 Å². The third-order valence-electron chi connectivity index (χ3n) is 2.81. The van der Waals surface area contributed by atoms with Crippen LogP contribution in [-0.2, 0) is 6.54 Å². The van der Waals surface area contributed by atoms with Gasteiger partial charge in [0.1, 0.15) is 11.3 Å². The molecule has 104 valence electrons. The predicted molar refractivity (Wildman–Crippen MR) is 71.2 cm³/mol. The molecule has 2 aromatic rings. The van der Waals surface area contributed by atoms with Crippen molar-refractivity contribution in [3.8, 4) is 0 Å². The van der Waals surface area contributed by atoms with Crippen molar-refractivity contribution in [3.63, 3.8) is 0 Å². The van der Waals surface area contributed by atoms with Crippen LogP contribution >= 0.6 is 0 Å². The molecule has 19 heavy (non-hydrogen) atoms. The number of hydrogen-bond donors (Lipinski definition) is 1. The molecule has 1 N–H and O–H groups in total. The molecule has 1 aromatic heterocycles. The Morgan fingerprint density at radius 3 is 2.79 bits per heavy atom. The van der Waals surface area contributed by atoms with Crippen LogP contribution in [0.2, 0.25) is 0 Å². The van der Waals surface area contributed by atoms with Crippen molar-refractivity contribution in [2.24, 2.45) is 0 Å². The highest BCUT2D eigenvalue weighted by Crippen LogP contribution is 2.18. The molecule has 0 bridgehead atoms. The zero-order valence-electron chi connectivity index (χ0n) is 11.5. The lowest BCUT2D eigenvalue weighted by molar-refractivity contribution is 0.0330. The number of rotatable bonds is 5. The number of fused-ring (bicyclic) bond motifs is 1. The van der Waals surface area contributed by atoms with Crippen LogP contribution in [0.25, 0.3) is 11.1 Å². The van der Waals surface area contributed by atoms with Gasteiger partial charge in [-0.2, -0.15) is 0 Å². The van der Waals surface area contributed by atoms with Gasteiger partial charge in [-0.3, -0.25) is 4.90 Å². The Kier molecular flexibility index (Phi) is 3.87. The molecule has 0 aliphatic heterocycles. The van der Waals surface area contributed by atoms with Crippen LogP contribution < -0.4 is 0 Å². The molecule has 1 aromatic carbocycles. The molecule has 0 saturated carbocycles. The van der Waals surface area contributed by atoms with E-state index in [0.717, 1.165) is 6.54 Å². The number of hydrogen-bond acceptors (Lipinski definition) is 4. The number of benzene rings is 1. The molecule has 4 nitrogen and oxygen atoms in total. The molecule has 0 saturated heterocycles. The maximum absolute atomic E-state index is 13.1. The summed E-state index contributed by atoms with van der Waals surface area (Å²) in [7, 11) is 0. The molecule has 0 amide bonds. The second kappa shape index (κ2) is 5.27. The van der Waals surface area contributed by atoms with Crippen LogP contribution in [0.15, 0.2) is 22.6 Å². The Labute approximate surface area is 111 Å². The zero-order chi connectivity index (χ0) is 14.0. The van der Waals surface area contributed by atoms with Gasteiger partial charge in [0.15, 0.2) is 5.58 Å². The number of aliphatic hydroxyl groups is 1. The highest BCUT2D eigenvalue weighted by molar-refractivity contribution is 5.72. The monoisotopic (exact) mass is 266 g/mol. The summed E-state index contributed by atoms with van der Waals surface area (Å²) in [6.07, 6.45) is 0. The fourth-order valence-corrected chi connectivity index (χ4v) is 2.03. The molecule has 0 spiro atoms. The maximum Gasteiger partial charge on any atom is 0.209 e. The minimum atomic E-state index is -0.770. The van der Waals surface area contributed by atoms with Crippen molar-refractivity contribution in [1.82, 2.24) is 9.88 Å². The minimum Gasteiger partial charge on any atom is -0.439 e. The van der Waals surface area contributed by atoms with E-state index >= 15 is 0 Å². The molecule has 0 aliphatic rings. The zero-order valence-corrected chi connectivity index (χ0v) is 11.5. The molecule has 1 heterocycles. The van der Waals surface area contributed by atoms with Crippen molar-refractivity contribution in [3.05, 3.63) is 29.9 Å². The average molecular weight is 266 g/mol. The van der Waals surface area contributed by atoms with E-state index in [1.807, 2.05) is 11.8 Å². The maximum atomic E-state index is 13.1. The van der Waals surface area contributed by atoms with Gasteiger partial charge in [0.05, 0.1) is 12.1 Å². The topological polar surface area (TPSA) is 49.5 Å². The molecule has 0 radical (unpaired) electrons. The van der Waals surface area contributed by atoms with E-state index in [1.165, 1.54) is 12.1 Å². The normalized spacial score (nSPS) is 12.5. The molecule has 5 heteroatoms. The van der Waals surface area contributed by atoms with Gasteiger partial charge >= 0.3 is 0 Å². The van der Waals surface area contributed by atoms with E-state index in [0.29, 0.717) is 30.1 Å². The third-order valence-corrected chi connectivity index (χ3v) is 2.81. The van der Waals surface area contributed by atoms with Crippen LogP contribution in [0.3, 0.4) is 0 Å². The third kappa shape index (κ3) is 3.75. The molecule has 0 atom stereocenters. The molecular weight excluding hydrogens is 247 g/mol. The molecule has 0 aliphatic carbocycles. The van der Waals surface area contributed by atoms with Crippen LogP contribution in [0.5, 0.6) is 0 Å². The highest BCUT2D eigenvalue weighted by atomic mass is 19.1. The van der Waals surface area contributed by atoms with E-state index in [9.17, 15) is 9.50 Å². The Bertz CT molecular complexity index is 560. The van der Waals surface area contributed by atoms with Gasteiger partial charge in [-0.25, -0.2) is 9.37 Å². The van der Waals surface area contributed by atoms with Gasteiger partial charge in [-0.15, -0.1) is 0 Å². The Morgan fingerprint density at radius 1 is 1.42 bits per heavy atom. The van der Waals surface area contributed by atoms with Crippen LogP contribution in [-0.4, -0.2) is 33.7 Å². The SMILES string of the molecule is CCN(Cc1nc2cc(F)ccc2o1)CC(C)(C)O. The van der Waals surface area contributed by atoms with Crippen LogP contribution in [0.4, 0.5) is 4.39 Å². The van der Waals surface area contributed by atoms with E-state index in [1.54, 1.807) is 19.9 Å². The standard InChI is InChI=1S/C14H19FN2O2/c1-4-17(9-14(2,3)18)8-13-16-11-7-10(15)5-6-12(11)19-13/h5-7,18H,4,8-9H2,1-3H3. The van der Waals surface area contributed by atoms with E-state index in [-0.39, 0.29) is 5.82 Å². The molecule has 2 rings (SSSR count). The van der Waals surface area contributed by atoms with Crippen molar-refractivity contribution in [1.29, 1.82) is 0 Å². The average Bonchev–Trinajstić information content (AvgIpc) is 2.67. The number of oxazole rings is 1. The smallest absolute Gasteiger partial charge is 0.209 e. The summed E-state index contributed by atoms with van der Waals surface area (Å²) >= 11 is 0. The summed E-state index contributed by atoms with van der Waals surface area (Å²) in [6, 6.07) is 4.29. The molecule has 0 fully saturated rings. The van der Waals surface area contributed by atoms with Gasteiger partial charge in [-0.05, 0) is 32.5 Å². The van der Waals surface area contributed by atoms with Crippen molar-refractivity contribution < 1.29 is 13.9 Å². The summed E-state index contributed by atoms with van der Waals surface area (Å²) in [5.41, 5.74) is 0.332. The lowest BCUT2D eigenvalue weighted by Gasteiger charge is -2.26. The van der Waals surface area contributed by atoms with Crippen LogP contribution in [0, 0.1) is 5.82 Å². The van der Waals surface area contributed by atoms with Crippen molar-refractivity contribution >= 4 is 11.1 Å². The number of aromatic nitrogens is 1. The van der Waals surface area contributed by atoms with Gasteiger partial charge in [0.25, 0.3) is 0 Å². The van der Waals surface area contributed by atoms with Crippen molar-refractivity contribution in [2.75, 3.05) is 13.1 Å². The lowest BCUT2D eigenvalue weighted by atomic mass is 10.1. The minimum absolute atomic E-state index is 0.323. The first-order valence-electron chi connectivity index (χ1n) is 6.37. The summed E-state index contributed by atoms with van der Waals surface area (Å²) in [4.78, 5) is 6.29. The second-order valence-corrected chi connectivity index (χ2v) is 5.34. The molecule has 0 unspecified atom stereocenters. The fourth-order valence-electron chi connectivity index (χ4n) is 2.03. The number of nitrogens with zero attached hydrogens (tertiary/aromatic N) is 2. The van der Waals surface area contributed by atoms with Crippen molar-refractivity contribution in [2.45, 2.75) is 32.9 Å². The van der Waals surface area contributed by atoms with Crippen LogP contribution in [0.1, 0.15) is 26.7 Å². The van der Waals surface area contributed by atoms with E-state index < -0.39 is 5.60 Å². The Morgan fingerprint density at radius 2 is 2.16 bits per heavy atom. The fraction of sp³-hybridized carbons (Fsp3) is 0.500. The first-order chi connectivity index (χ1) is 8.87. The second-order valence-electron chi connectivity index (χ2n) is 5.34. The van der Waals surface area contributed by atoms with E-state index in [4.69, 9.17) is 4.42 Å². The first-order valence-corrected chi connectivity index (χ1v) is 6.37. The van der Waals surface area contributed by atoms with Gasteiger partial charge < -0.3 is 9.52 Å². The highest BCUT2D eigenvalue weighted by Gasteiger charge is 2.19. The Hall–Kier alpha value is -1.46. The van der Waals surface area contributed by atoms with Gasteiger partial charge in [-0.1, -0.05) is 6.92 Å². The summed E-state index contributed by atoms with van der Waals surface area (Å²) in [6.45, 7) is 7.33. The quantitative estimate of drug-likeness (QED) is 0.903.